The molecule has 1 saturated carbocycles. The minimum atomic E-state index is -3.54. The lowest BCUT2D eigenvalue weighted by Gasteiger charge is -2.22. The van der Waals surface area contributed by atoms with Crippen LogP contribution in [0.3, 0.4) is 0 Å². The number of hydrogen-bond acceptors (Lipinski definition) is 7. The fourth-order valence-corrected chi connectivity index (χ4v) is 5.33. The van der Waals surface area contributed by atoms with Gasteiger partial charge in [-0.25, -0.2) is 8.42 Å². The number of rotatable bonds is 2. The maximum atomic E-state index is 11.8. The molecule has 8 heteroatoms. The fraction of sp³-hybridized carbons (Fsp3) is 0.778. The van der Waals surface area contributed by atoms with E-state index >= 15 is 0 Å². The van der Waals surface area contributed by atoms with Gasteiger partial charge in [-0.2, -0.15) is 0 Å². The number of esters is 2. The molecule has 2 fully saturated rings. The summed E-state index contributed by atoms with van der Waals surface area (Å²) in [5.74, 6) is -3.51. The molecule has 7 nitrogen and oxygen atoms in total. The van der Waals surface area contributed by atoms with Gasteiger partial charge in [0.1, 0.15) is 5.54 Å². The minimum absolute atomic E-state index is 0.477. The Balaban J connectivity index is 2.36. The fourth-order valence-electron chi connectivity index (χ4n) is 2.67. The molecule has 0 aromatic heterocycles. The van der Waals surface area contributed by atoms with E-state index in [9.17, 15) is 18.0 Å². The monoisotopic (exact) mass is 263 g/mol. The van der Waals surface area contributed by atoms with Gasteiger partial charge in [-0.3, -0.25) is 9.59 Å². The van der Waals surface area contributed by atoms with E-state index < -0.39 is 50.2 Å². The van der Waals surface area contributed by atoms with Crippen LogP contribution in [0.5, 0.6) is 0 Å². The predicted octanol–water partition coefficient (Wildman–Crippen LogP) is -1.93. The first-order valence-corrected chi connectivity index (χ1v) is 6.68. The van der Waals surface area contributed by atoms with Crippen LogP contribution in [-0.2, 0) is 28.9 Å². The van der Waals surface area contributed by atoms with Crippen LogP contribution in [0.2, 0.25) is 0 Å². The van der Waals surface area contributed by atoms with Crippen molar-refractivity contribution in [3.05, 3.63) is 0 Å². The van der Waals surface area contributed by atoms with E-state index in [1.807, 2.05) is 0 Å². The molecule has 0 unspecified atom stereocenters. The Morgan fingerprint density at radius 2 is 1.88 bits per heavy atom. The van der Waals surface area contributed by atoms with Crippen LogP contribution in [0.1, 0.15) is 0 Å². The summed E-state index contributed by atoms with van der Waals surface area (Å²) in [7, 11) is -1.25. The lowest BCUT2D eigenvalue weighted by atomic mass is 9.95. The molecule has 1 aliphatic carbocycles. The molecule has 0 spiro atoms. The number of carbonyl (C=O) groups excluding carboxylic acids is 2. The van der Waals surface area contributed by atoms with Crippen molar-refractivity contribution in [3.8, 4) is 0 Å². The Morgan fingerprint density at radius 3 is 2.35 bits per heavy atom. The normalized spacial score (nSPS) is 41.5. The largest absolute Gasteiger partial charge is 0.469 e. The zero-order chi connectivity index (χ0) is 13.0. The molecule has 17 heavy (non-hydrogen) atoms. The molecule has 0 radical (unpaired) electrons. The third-order valence-corrected chi connectivity index (χ3v) is 5.74. The third kappa shape index (κ3) is 1.47. The third-order valence-electron chi connectivity index (χ3n) is 3.44. The van der Waals surface area contributed by atoms with Crippen molar-refractivity contribution >= 4 is 21.8 Å². The molecule has 0 amide bonds. The van der Waals surface area contributed by atoms with E-state index in [0.717, 1.165) is 7.11 Å². The van der Waals surface area contributed by atoms with Crippen molar-refractivity contribution in [2.75, 3.05) is 20.0 Å². The smallest absolute Gasteiger partial charge is 0.327 e. The number of fused-ring (bicyclic) bond motifs is 1. The summed E-state index contributed by atoms with van der Waals surface area (Å²) in [6.45, 7) is 0. The van der Waals surface area contributed by atoms with Gasteiger partial charge in [-0.15, -0.1) is 0 Å². The van der Waals surface area contributed by atoms with E-state index in [1.165, 1.54) is 7.11 Å². The summed E-state index contributed by atoms with van der Waals surface area (Å²) in [6.07, 6.45) is 0. The van der Waals surface area contributed by atoms with Crippen molar-refractivity contribution in [1.29, 1.82) is 0 Å². The molecule has 1 heterocycles. The van der Waals surface area contributed by atoms with E-state index in [-0.39, 0.29) is 0 Å². The zero-order valence-electron chi connectivity index (χ0n) is 9.37. The van der Waals surface area contributed by atoms with E-state index in [4.69, 9.17) is 5.73 Å². The van der Waals surface area contributed by atoms with Crippen LogP contribution in [0, 0.1) is 11.8 Å². The van der Waals surface area contributed by atoms with Crippen LogP contribution in [-0.4, -0.2) is 51.1 Å². The first-order chi connectivity index (χ1) is 7.79. The molecule has 2 N–H and O–H groups in total. The average molecular weight is 263 g/mol. The number of hydrogen-bond donors (Lipinski definition) is 1. The standard InChI is InChI=1S/C9H13NO6S/c1-15-7(11)4-5-6(4)17(13,14)3-9(5,10)8(12)16-2/h4-6H,3,10H2,1-2H3/t4-,5-,6+,9+/m1/s1. The molecule has 1 aliphatic heterocycles. The first kappa shape index (κ1) is 12.3. The summed E-state index contributed by atoms with van der Waals surface area (Å²) in [6, 6.07) is 0. The van der Waals surface area contributed by atoms with Gasteiger partial charge in [0.05, 0.1) is 31.1 Å². The topological polar surface area (TPSA) is 113 Å². The number of carbonyl (C=O) groups is 2. The zero-order valence-corrected chi connectivity index (χ0v) is 10.2. The number of methoxy groups -OCH3 is 2. The van der Waals surface area contributed by atoms with Gasteiger partial charge in [-0.05, 0) is 0 Å². The highest BCUT2D eigenvalue weighted by Crippen LogP contribution is 2.57. The Bertz CT molecular complexity index is 486. The molecular weight excluding hydrogens is 250 g/mol. The van der Waals surface area contributed by atoms with Gasteiger partial charge in [-0.1, -0.05) is 0 Å². The maximum Gasteiger partial charge on any atom is 0.327 e. The van der Waals surface area contributed by atoms with Crippen LogP contribution < -0.4 is 5.73 Å². The van der Waals surface area contributed by atoms with Gasteiger partial charge >= 0.3 is 11.9 Å². The second kappa shape index (κ2) is 3.42. The Kier molecular flexibility index (Phi) is 2.48. The summed E-state index contributed by atoms with van der Waals surface area (Å²) in [5.41, 5.74) is 4.17. The van der Waals surface area contributed by atoms with Crippen LogP contribution in [0.25, 0.3) is 0 Å². The number of sulfone groups is 1. The second-order valence-corrected chi connectivity index (χ2v) is 6.54. The predicted molar refractivity (Wildman–Crippen MR) is 55.5 cm³/mol. The van der Waals surface area contributed by atoms with Crippen molar-refractivity contribution < 1.29 is 27.5 Å². The Hall–Kier alpha value is -1.15. The summed E-state index contributed by atoms with van der Waals surface area (Å²) in [4.78, 5) is 22.9. The maximum absolute atomic E-state index is 11.8. The van der Waals surface area contributed by atoms with Crippen molar-refractivity contribution in [2.24, 2.45) is 17.6 Å². The molecule has 2 rings (SSSR count). The molecule has 2 aliphatic rings. The van der Waals surface area contributed by atoms with Crippen LogP contribution in [0.4, 0.5) is 0 Å². The van der Waals surface area contributed by atoms with Gasteiger partial charge in [0.2, 0.25) is 0 Å². The van der Waals surface area contributed by atoms with Gasteiger partial charge in [0.15, 0.2) is 9.84 Å². The van der Waals surface area contributed by atoms with E-state index in [1.54, 1.807) is 0 Å². The van der Waals surface area contributed by atoms with Gasteiger partial charge in [0.25, 0.3) is 0 Å². The van der Waals surface area contributed by atoms with Crippen molar-refractivity contribution in [1.82, 2.24) is 0 Å². The molecule has 96 valence electrons. The van der Waals surface area contributed by atoms with Crippen LogP contribution in [0.15, 0.2) is 0 Å². The Morgan fingerprint density at radius 1 is 1.29 bits per heavy atom. The van der Waals surface area contributed by atoms with E-state index in [0.29, 0.717) is 0 Å². The molecule has 0 bridgehead atoms. The molecule has 0 aromatic carbocycles. The lowest BCUT2D eigenvalue weighted by Crippen LogP contribution is -2.54. The molecule has 1 saturated heterocycles. The summed E-state index contributed by atoms with van der Waals surface area (Å²) >= 11 is 0. The van der Waals surface area contributed by atoms with E-state index in [2.05, 4.69) is 9.47 Å². The quantitative estimate of drug-likeness (QED) is 0.577. The number of ether oxygens (including phenoxy) is 2. The minimum Gasteiger partial charge on any atom is -0.469 e. The van der Waals surface area contributed by atoms with Crippen LogP contribution >= 0.6 is 0 Å². The molecular formula is C9H13NO6S. The number of nitrogens with two attached hydrogens (primary N) is 1. The average Bonchev–Trinajstić information content (AvgIpc) is 2.97. The first-order valence-electron chi connectivity index (χ1n) is 4.96. The summed E-state index contributed by atoms with van der Waals surface area (Å²) < 4.78 is 32.6. The highest BCUT2D eigenvalue weighted by atomic mass is 32.2. The lowest BCUT2D eigenvalue weighted by molar-refractivity contribution is -0.148. The highest BCUT2D eigenvalue weighted by Gasteiger charge is 2.77. The second-order valence-electron chi connectivity index (χ2n) is 4.38. The van der Waals surface area contributed by atoms with Gasteiger partial charge < -0.3 is 15.2 Å². The summed E-state index contributed by atoms with van der Waals surface area (Å²) in [5, 5.41) is -0.904. The highest BCUT2D eigenvalue weighted by molar-refractivity contribution is 7.92. The van der Waals surface area contributed by atoms with Gasteiger partial charge in [0, 0.05) is 5.92 Å². The molecule has 0 aromatic rings. The van der Waals surface area contributed by atoms with Crippen molar-refractivity contribution in [3.63, 3.8) is 0 Å². The SMILES string of the molecule is COC(=O)[C@@H]1[C@@H]2[C@H]1S(=O)(=O)C[C@@]2(N)C(=O)OC. The Labute approximate surface area is 98.2 Å². The molecule has 4 atom stereocenters. The van der Waals surface area contributed by atoms with Crippen molar-refractivity contribution in [2.45, 2.75) is 10.8 Å².